The number of halogens is 1. The summed E-state index contributed by atoms with van der Waals surface area (Å²) in [5.74, 6) is 1.35. The van der Waals surface area contributed by atoms with E-state index in [2.05, 4.69) is 44.2 Å². The highest BCUT2D eigenvalue weighted by molar-refractivity contribution is 6.31. The first-order chi connectivity index (χ1) is 9.91. The largest absolute Gasteiger partial charge is 0.492 e. The Kier molecular flexibility index (Phi) is 8.09. The van der Waals surface area contributed by atoms with Gasteiger partial charge in [-0.1, -0.05) is 25.4 Å². The summed E-state index contributed by atoms with van der Waals surface area (Å²) in [7, 11) is 4.19. The van der Waals surface area contributed by atoms with Gasteiger partial charge in [0.05, 0.1) is 0 Å². The molecule has 0 amide bonds. The molecule has 0 atom stereocenters. The summed E-state index contributed by atoms with van der Waals surface area (Å²) < 4.78 is 5.88. The fourth-order valence-corrected chi connectivity index (χ4v) is 2.58. The second kappa shape index (κ2) is 9.29. The molecular formula is C17H29ClN2O. The van der Waals surface area contributed by atoms with Crippen molar-refractivity contribution in [3.63, 3.8) is 0 Å². The fourth-order valence-electron chi connectivity index (χ4n) is 2.14. The van der Waals surface area contributed by atoms with Gasteiger partial charge in [-0.05, 0) is 69.7 Å². The average molecular weight is 313 g/mol. The number of aryl methyl sites for hydroxylation is 1. The lowest BCUT2D eigenvalue weighted by atomic mass is 10.0. The molecule has 1 aromatic carbocycles. The lowest BCUT2D eigenvalue weighted by Gasteiger charge is -2.15. The van der Waals surface area contributed by atoms with Crippen molar-refractivity contribution in [1.82, 2.24) is 10.2 Å². The minimum atomic E-state index is 0.407. The molecule has 120 valence electrons. The van der Waals surface area contributed by atoms with E-state index in [4.69, 9.17) is 16.3 Å². The van der Waals surface area contributed by atoms with Gasteiger partial charge >= 0.3 is 0 Å². The minimum absolute atomic E-state index is 0.407. The van der Waals surface area contributed by atoms with E-state index in [9.17, 15) is 0 Å². The van der Waals surface area contributed by atoms with Crippen LogP contribution in [0.15, 0.2) is 12.1 Å². The van der Waals surface area contributed by atoms with Crippen molar-refractivity contribution in [1.29, 1.82) is 0 Å². The third-order valence-corrected chi connectivity index (χ3v) is 3.74. The minimum Gasteiger partial charge on any atom is -0.492 e. The van der Waals surface area contributed by atoms with Gasteiger partial charge in [0, 0.05) is 11.6 Å². The lowest BCUT2D eigenvalue weighted by Crippen LogP contribution is -2.25. The highest BCUT2D eigenvalue weighted by atomic mass is 35.5. The van der Waals surface area contributed by atoms with E-state index in [1.807, 2.05) is 13.0 Å². The van der Waals surface area contributed by atoms with Gasteiger partial charge in [0.25, 0.3) is 0 Å². The van der Waals surface area contributed by atoms with Crippen LogP contribution in [0.5, 0.6) is 5.75 Å². The van der Waals surface area contributed by atoms with Crippen LogP contribution >= 0.6 is 11.6 Å². The number of nitrogens with zero attached hydrogens (tertiary/aromatic N) is 1. The Hall–Kier alpha value is -0.770. The van der Waals surface area contributed by atoms with Crippen LogP contribution in [0, 0.1) is 6.92 Å². The zero-order valence-corrected chi connectivity index (χ0v) is 14.8. The predicted octanol–water partition coefficient (Wildman–Crippen LogP) is 3.69. The van der Waals surface area contributed by atoms with Crippen LogP contribution < -0.4 is 10.1 Å². The molecule has 0 unspecified atom stereocenters. The Morgan fingerprint density at radius 3 is 2.57 bits per heavy atom. The van der Waals surface area contributed by atoms with Crippen LogP contribution in [0.1, 0.15) is 37.3 Å². The molecule has 0 heterocycles. The average Bonchev–Trinajstić information content (AvgIpc) is 2.38. The third kappa shape index (κ3) is 6.68. The standard InChI is InChI=1S/C17H29ClN2O/c1-13(2)15-12-17(14(3)11-16(15)18)21-10-8-19-7-6-9-20(4)5/h11-13,19H,6-10H2,1-5H3. The molecule has 0 spiro atoms. The normalized spacial score (nSPS) is 11.4. The number of hydrogen-bond donors (Lipinski definition) is 1. The topological polar surface area (TPSA) is 24.5 Å². The van der Waals surface area contributed by atoms with Crippen LogP contribution in [0.25, 0.3) is 0 Å². The summed E-state index contributed by atoms with van der Waals surface area (Å²) in [5, 5.41) is 4.23. The Labute approximate surface area is 134 Å². The number of rotatable bonds is 9. The zero-order chi connectivity index (χ0) is 15.8. The van der Waals surface area contributed by atoms with Crippen LogP contribution in [-0.2, 0) is 0 Å². The Balaban J connectivity index is 2.37. The fraction of sp³-hybridized carbons (Fsp3) is 0.647. The van der Waals surface area contributed by atoms with Gasteiger partial charge in [0.15, 0.2) is 0 Å². The Morgan fingerprint density at radius 2 is 1.95 bits per heavy atom. The monoisotopic (exact) mass is 312 g/mol. The lowest BCUT2D eigenvalue weighted by molar-refractivity contribution is 0.309. The molecule has 1 N–H and O–H groups in total. The molecule has 0 aromatic heterocycles. The van der Waals surface area contributed by atoms with Crippen LogP contribution in [-0.4, -0.2) is 45.2 Å². The van der Waals surface area contributed by atoms with Crippen molar-refractivity contribution >= 4 is 11.6 Å². The summed E-state index contributed by atoms with van der Waals surface area (Å²) in [6.45, 7) is 10.0. The molecule has 1 aromatic rings. The van der Waals surface area contributed by atoms with Crippen molar-refractivity contribution in [3.05, 3.63) is 28.3 Å². The molecule has 3 nitrogen and oxygen atoms in total. The van der Waals surface area contributed by atoms with Crippen molar-refractivity contribution in [2.24, 2.45) is 0 Å². The van der Waals surface area contributed by atoms with E-state index < -0.39 is 0 Å². The smallest absolute Gasteiger partial charge is 0.122 e. The number of ether oxygens (including phenoxy) is 1. The quantitative estimate of drug-likeness (QED) is 0.704. The van der Waals surface area contributed by atoms with Crippen LogP contribution in [0.2, 0.25) is 5.02 Å². The van der Waals surface area contributed by atoms with Gasteiger partial charge in [0.1, 0.15) is 12.4 Å². The van der Waals surface area contributed by atoms with E-state index in [0.717, 1.165) is 48.0 Å². The van der Waals surface area contributed by atoms with E-state index in [1.54, 1.807) is 0 Å². The van der Waals surface area contributed by atoms with E-state index in [1.165, 1.54) is 0 Å². The van der Waals surface area contributed by atoms with Gasteiger partial charge in [0.2, 0.25) is 0 Å². The predicted molar refractivity (Wildman–Crippen MR) is 91.8 cm³/mol. The third-order valence-electron chi connectivity index (χ3n) is 3.41. The number of nitrogens with one attached hydrogen (secondary N) is 1. The molecule has 4 heteroatoms. The first kappa shape index (κ1) is 18.3. The Bertz CT molecular complexity index is 433. The first-order valence-corrected chi connectivity index (χ1v) is 8.08. The highest BCUT2D eigenvalue weighted by Gasteiger charge is 2.09. The molecule has 0 saturated carbocycles. The molecular weight excluding hydrogens is 284 g/mol. The van der Waals surface area contributed by atoms with E-state index in [-0.39, 0.29) is 0 Å². The van der Waals surface area contributed by atoms with Gasteiger partial charge in [-0.2, -0.15) is 0 Å². The zero-order valence-electron chi connectivity index (χ0n) is 14.0. The van der Waals surface area contributed by atoms with Crippen molar-refractivity contribution in [2.75, 3.05) is 40.3 Å². The molecule has 0 aliphatic carbocycles. The summed E-state index contributed by atoms with van der Waals surface area (Å²) in [6, 6.07) is 4.07. The van der Waals surface area contributed by atoms with Crippen molar-refractivity contribution in [3.8, 4) is 5.75 Å². The summed E-state index contributed by atoms with van der Waals surface area (Å²) in [5.41, 5.74) is 2.24. The molecule has 1 rings (SSSR count). The molecule has 0 aliphatic heterocycles. The maximum atomic E-state index is 6.27. The number of hydrogen-bond acceptors (Lipinski definition) is 3. The first-order valence-electron chi connectivity index (χ1n) is 7.70. The molecule has 0 bridgehead atoms. The molecule has 21 heavy (non-hydrogen) atoms. The molecule has 0 saturated heterocycles. The molecule has 0 aliphatic rings. The van der Waals surface area contributed by atoms with Crippen molar-refractivity contribution in [2.45, 2.75) is 33.1 Å². The van der Waals surface area contributed by atoms with E-state index in [0.29, 0.717) is 12.5 Å². The Morgan fingerprint density at radius 1 is 1.24 bits per heavy atom. The summed E-state index contributed by atoms with van der Waals surface area (Å²) in [4.78, 5) is 2.20. The van der Waals surface area contributed by atoms with Gasteiger partial charge in [-0.3, -0.25) is 0 Å². The second-order valence-electron chi connectivity index (χ2n) is 6.05. The highest BCUT2D eigenvalue weighted by Crippen LogP contribution is 2.31. The maximum absolute atomic E-state index is 6.27. The maximum Gasteiger partial charge on any atom is 0.122 e. The second-order valence-corrected chi connectivity index (χ2v) is 6.46. The SMILES string of the molecule is Cc1cc(Cl)c(C(C)C)cc1OCCNCCCN(C)C. The van der Waals surface area contributed by atoms with Crippen molar-refractivity contribution < 1.29 is 4.74 Å². The summed E-state index contributed by atoms with van der Waals surface area (Å²) in [6.07, 6.45) is 1.16. The van der Waals surface area contributed by atoms with Crippen LogP contribution in [0.4, 0.5) is 0 Å². The van der Waals surface area contributed by atoms with Gasteiger partial charge < -0.3 is 15.0 Å². The van der Waals surface area contributed by atoms with Gasteiger partial charge in [-0.15, -0.1) is 0 Å². The van der Waals surface area contributed by atoms with Crippen LogP contribution in [0.3, 0.4) is 0 Å². The van der Waals surface area contributed by atoms with E-state index >= 15 is 0 Å². The molecule has 0 radical (unpaired) electrons. The van der Waals surface area contributed by atoms with Gasteiger partial charge in [-0.25, -0.2) is 0 Å². The summed E-state index contributed by atoms with van der Waals surface area (Å²) >= 11 is 6.27. The molecule has 0 fully saturated rings. The number of benzene rings is 1.